The van der Waals surface area contributed by atoms with Gasteiger partial charge in [-0.25, -0.2) is 8.42 Å². The van der Waals surface area contributed by atoms with Crippen LogP contribution in [0.2, 0.25) is 0 Å². The average molecular weight is 326 g/mol. The predicted octanol–water partition coefficient (Wildman–Crippen LogP) is 2.32. The van der Waals surface area contributed by atoms with E-state index in [1.165, 1.54) is 19.1 Å². The van der Waals surface area contributed by atoms with Crippen molar-refractivity contribution in [2.75, 3.05) is 5.75 Å². The summed E-state index contributed by atoms with van der Waals surface area (Å²) in [4.78, 5) is 23.4. The Morgan fingerprint density at radius 3 is 2.14 bits per heavy atom. The van der Waals surface area contributed by atoms with E-state index in [9.17, 15) is 18.0 Å². The third kappa shape index (κ3) is 5.60. The first kappa shape index (κ1) is 18.4. The van der Waals surface area contributed by atoms with Gasteiger partial charge in [0.2, 0.25) is 0 Å². The van der Waals surface area contributed by atoms with Gasteiger partial charge in [0.1, 0.15) is 5.75 Å². The zero-order valence-electron chi connectivity index (χ0n) is 13.3. The number of aryl methyl sites for hydroxylation is 1. The first-order chi connectivity index (χ1) is 10.1. The van der Waals surface area contributed by atoms with E-state index >= 15 is 0 Å². The molecule has 0 N–H and O–H groups in total. The van der Waals surface area contributed by atoms with Crippen molar-refractivity contribution in [1.29, 1.82) is 0 Å². The maximum Gasteiger partial charge on any atom is 0.303 e. The molecule has 22 heavy (non-hydrogen) atoms. The van der Waals surface area contributed by atoms with E-state index in [2.05, 4.69) is 0 Å². The molecule has 122 valence electrons. The Balaban J connectivity index is 2.91. The SMILES string of the molecule is CC(=O)O[C@@H](CC(C)C)C(=O)CS(=O)(=O)c1ccc(C)cc1. The minimum absolute atomic E-state index is 0.0950. The number of hydrogen-bond donors (Lipinski definition) is 0. The summed E-state index contributed by atoms with van der Waals surface area (Å²) in [6.07, 6.45) is -0.709. The summed E-state index contributed by atoms with van der Waals surface area (Å²) < 4.78 is 29.5. The number of sulfone groups is 1. The highest BCUT2D eigenvalue weighted by molar-refractivity contribution is 7.92. The molecule has 0 saturated carbocycles. The van der Waals surface area contributed by atoms with Gasteiger partial charge in [-0.2, -0.15) is 0 Å². The van der Waals surface area contributed by atoms with Gasteiger partial charge < -0.3 is 4.74 Å². The Morgan fingerprint density at radius 2 is 1.68 bits per heavy atom. The normalized spacial score (nSPS) is 13.0. The molecule has 0 aliphatic heterocycles. The third-order valence-electron chi connectivity index (χ3n) is 3.07. The first-order valence-electron chi connectivity index (χ1n) is 7.11. The maximum absolute atomic E-state index is 12.3. The van der Waals surface area contributed by atoms with Gasteiger partial charge in [-0.15, -0.1) is 0 Å². The van der Waals surface area contributed by atoms with Crippen LogP contribution < -0.4 is 0 Å². The van der Waals surface area contributed by atoms with E-state index in [4.69, 9.17) is 4.74 Å². The van der Waals surface area contributed by atoms with E-state index in [0.29, 0.717) is 6.42 Å². The second-order valence-electron chi connectivity index (χ2n) is 5.77. The van der Waals surface area contributed by atoms with Crippen LogP contribution in [0.3, 0.4) is 0 Å². The van der Waals surface area contributed by atoms with Gasteiger partial charge >= 0.3 is 5.97 Å². The maximum atomic E-state index is 12.3. The van der Waals surface area contributed by atoms with Crippen LogP contribution in [0, 0.1) is 12.8 Å². The summed E-state index contributed by atoms with van der Waals surface area (Å²) in [6.45, 7) is 6.80. The Hall–Kier alpha value is -1.69. The van der Waals surface area contributed by atoms with Crippen LogP contribution in [0.5, 0.6) is 0 Å². The molecule has 1 aromatic carbocycles. The predicted molar refractivity (Wildman–Crippen MR) is 83.2 cm³/mol. The number of carbonyl (C=O) groups is 2. The van der Waals surface area contributed by atoms with E-state index in [1.54, 1.807) is 12.1 Å². The molecule has 1 rings (SSSR count). The van der Waals surface area contributed by atoms with Crippen molar-refractivity contribution in [3.8, 4) is 0 Å². The molecule has 0 fully saturated rings. The fraction of sp³-hybridized carbons (Fsp3) is 0.500. The van der Waals surface area contributed by atoms with Gasteiger partial charge in [-0.3, -0.25) is 9.59 Å². The summed E-state index contributed by atoms with van der Waals surface area (Å²) >= 11 is 0. The molecule has 6 heteroatoms. The number of carbonyl (C=O) groups excluding carboxylic acids is 2. The van der Waals surface area contributed by atoms with Crippen molar-refractivity contribution in [3.63, 3.8) is 0 Å². The Labute approximate surface area is 131 Å². The molecule has 0 spiro atoms. The smallest absolute Gasteiger partial charge is 0.303 e. The van der Waals surface area contributed by atoms with Gasteiger partial charge in [-0.05, 0) is 31.4 Å². The van der Waals surface area contributed by atoms with Crippen molar-refractivity contribution in [2.24, 2.45) is 5.92 Å². The van der Waals surface area contributed by atoms with Crippen LogP contribution in [-0.2, 0) is 24.2 Å². The molecule has 0 aliphatic rings. The van der Waals surface area contributed by atoms with Gasteiger partial charge in [0.25, 0.3) is 0 Å². The molecular weight excluding hydrogens is 304 g/mol. The first-order valence-corrected chi connectivity index (χ1v) is 8.76. The van der Waals surface area contributed by atoms with Crippen LogP contribution in [0.15, 0.2) is 29.2 Å². The fourth-order valence-corrected chi connectivity index (χ4v) is 3.26. The average Bonchev–Trinajstić information content (AvgIpc) is 2.36. The van der Waals surface area contributed by atoms with Crippen LogP contribution in [0.1, 0.15) is 32.8 Å². The molecule has 0 bridgehead atoms. The third-order valence-corrected chi connectivity index (χ3v) is 4.72. The lowest BCUT2D eigenvalue weighted by Crippen LogP contribution is -2.33. The van der Waals surface area contributed by atoms with Gasteiger partial charge in [0.15, 0.2) is 21.7 Å². The quantitative estimate of drug-likeness (QED) is 0.719. The van der Waals surface area contributed by atoms with Gasteiger partial charge in [0, 0.05) is 6.92 Å². The molecule has 0 unspecified atom stereocenters. The standard InChI is InChI=1S/C16H22O5S/c1-11(2)9-16(21-13(4)17)15(18)10-22(19,20)14-7-5-12(3)6-8-14/h5-8,11,16H,9-10H2,1-4H3/t16-/m0/s1. The van der Waals surface area contributed by atoms with Crippen molar-refractivity contribution in [3.05, 3.63) is 29.8 Å². The molecule has 0 heterocycles. The lowest BCUT2D eigenvalue weighted by Gasteiger charge is -2.17. The summed E-state index contributed by atoms with van der Waals surface area (Å²) in [5.41, 5.74) is 0.933. The molecule has 1 aromatic rings. The Bertz CT molecular complexity index is 629. The Kier molecular flexibility index (Phi) is 6.29. The zero-order chi connectivity index (χ0) is 16.9. The summed E-state index contributed by atoms with van der Waals surface area (Å²) in [6, 6.07) is 6.30. The number of hydrogen-bond acceptors (Lipinski definition) is 5. The molecule has 0 saturated heterocycles. The van der Waals surface area contributed by atoms with E-state index in [0.717, 1.165) is 5.56 Å². The van der Waals surface area contributed by atoms with E-state index in [-0.39, 0.29) is 10.8 Å². The lowest BCUT2D eigenvalue weighted by atomic mass is 10.0. The minimum atomic E-state index is -3.73. The van der Waals surface area contributed by atoms with Crippen LogP contribution in [0.4, 0.5) is 0 Å². The topological polar surface area (TPSA) is 77.5 Å². The number of esters is 1. The van der Waals surface area contributed by atoms with Crippen LogP contribution in [0.25, 0.3) is 0 Å². The highest BCUT2D eigenvalue weighted by Gasteiger charge is 2.28. The van der Waals surface area contributed by atoms with Crippen LogP contribution in [-0.4, -0.2) is 32.0 Å². The Morgan fingerprint density at radius 1 is 1.14 bits per heavy atom. The number of ether oxygens (including phenoxy) is 1. The van der Waals surface area contributed by atoms with Gasteiger partial charge in [0.05, 0.1) is 4.90 Å². The van der Waals surface area contributed by atoms with Gasteiger partial charge in [-0.1, -0.05) is 31.5 Å². The van der Waals surface area contributed by atoms with Crippen molar-refractivity contribution in [2.45, 2.75) is 45.1 Å². The monoisotopic (exact) mass is 326 g/mol. The number of benzene rings is 1. The van der Waals surface area contributed by atoms with Crippen molar-refractivity contribution < 1.29 is 22.7 Å². The molecule has 0 aromatic heterocycles. The second-order valence-corrected chi connectivity index (χ2v) is 7.76. The molecule has 0 amide bonds. The minimum Gasteiger partial charge on any atom is -0.454 e. The van der Waals surface area contributed by atoms with Crippen LogP contribution >= 0.6 is 0 Å². The number of Topliss-reactive ketones (excluding diaryl/α,β-unsaturated/α-hetero) is 1. The summed E-state index contributed by atoms with van der Waals surface area (Å²) in [7, 11) is -3.73. The highest BCUT2D eigenvalue weighted by atomic mass is 32.2. The molecule has 1 atom stereocenters. The molecule has 0 aliphatic carbocycles. The molecule has 5 nitrogen and oxygen atoms in total. The molecule has 0 radical (unpaired) electrons. The second kappa shape index (κ2) is 7.54. The lowest BCUT2D eigenvalue weighted by molar-refractivity contribution is -0.153. The molecular formula is C16H22O5S. The van der Waals surface area contributed by atoms with Crippen molar-refractivity contribution >= 4 is 21.6 Å². The van der Waals surface area contributed by atoms with Crippen molar-refractivity contribution in [1.82, 2.24) is 0 Å². The van der Waals surface area contributed by atoms with E-state index in [1.807, 2.05) is 20.8 Å². The zero-order valence-corrected chi connectivity index (χ0v) is 14.1. The summed E-state index contributed by atoms with van der Waals surface area (Å²) in [5.74, 6) is -1.74. The summed E-state index contributed by atoms with van der Waals surface area (Å²) in [5, 5.41) is 0. The fourth-order valence-electron chi connectivity index (χ4n) is 1.98. The number of rotatable bonds is 7. The largest absolute Gasteiger partial charge is 0.454 e. The number of ketones is 1. The highest BCUT2D eigenvalue weighted by Crippen LogP contribution is 2.16. The van der Waals surface area contributed by atoms with E-state index < -0.39 is 33.4 Å².